The first-order chi connectivity index (χ1) is 21.2. The summed E-state index contributed by atoms with van der Waals surface area (Å²) in [5.41, 5.74) is 1.80. The summed E-state index contributed by atoms with van der Waals surface area (Å²) in [5, 5.41) is 6.37. The SMILES string of the molecule is Cc1cccc(NC(=O)[C@H]2[C@H]3C=C[C@@]4(O3)[C@H]2C(=O)N(CCCN(C)Cc2ccccc2)[C@@H]4C(=O)N[C@@H]2CCC[C@@H](C)[C@H]2C)c1. The number of hydrogen-bond acceptors (Lipinski definition) is 5. The quantitative estimate of drug-likeness (QED) is 0.392. The highest BCUT2D eigenvalue weighted by atomic mass is 16.5. The lowest BCUT2D eigenvalue weighted by Gasteiger charge is -2.38. The number of nitrogens with one attached hydrogen (secondary N) is 2. The fourth-order valence-electron chi connectivity index (χ4n) is 7.99. The number of likely N-dealkylation sites (tertiary alicyclic amines) is 1. The fourth-order valence-corrected chi connectivity index (χ4v) is 7.99. The molecule has 2 bridgehead atoms. The molecule has 3 amide bonds. The van der Waals surface area contributed by atoms with Crippen molar-refractivity contribution in [1.82, 2.24) is 15.1 Å². The van der Waals surface area contributed by atoms with E-state index in [1.54, 1.807) is 4.90 Å². The zero-order valence-corrected chi connectivity index (χ0v) is 26.4. The lowest BCUT2D eigenvalue weighted by Crippen LogP contribution is -2.58. The molecule has 234 valence electrons. The zero-order chi connectivity index (χ0) is 31.0. The number of aryl methyl sites for hydroxylation is 1. The molecule has 8 nitrogen and oxygen atoms in total. The van der Waals surface area contributed by atoms with Crippen molar-refractivity contribution in [3.8, 4) is 0 Å². The van der Waals surface area contributed by atoms with Crippen LogP contribution in [0.5, 0.6) is 0 Å². The van der Waals surface area contributed by atoms with Crippen LogP contribution in [0.1, 0.15) is 50.7 Å². The zero-order valence-electron chi connectivity index (χ0n) is 26.4. The molecule has 0 aromatic heterocycles. The van der Waals surface area contributed by atoms with E-state index in [-0.39, 0.29) is 23.8 Å². The van der Waals surface area contributed by atoms with Crippen molar-refractivity contribution < 1.29 is 19.1 Å². The average Bonchev–Trinajstić information content (AvgIpc) is 3.63. The summed E-state index contributed by atoms with van der Waals surface area (Å²) in [6, 6.07) is 17.2. The summed E-state index contributed by atoms with van der Waals surface area (Å²) < 4.78 is 6.55. The van der Waals surface area contributed by atoms with Gasteiger partial charge in [-0.1, -0.05) is 81.3 Å². The smallest absolute Gasteiger partial charge is 0.246 e. The summed E-state index contributed by atoms with van der Waals surface area (Å²) in [6.07, 6.45) is 7.10. The summed E-state index contributed by atoms with van der Waals surface area (Å²) in [5.74, 6) is -1.17. The summed E-state index contributed by atoms with van der Waals surface area (Å²) in [4.78, 5) is 46.3. The van der Waals surface area contributed by atoms with E-state index in [4.69, 9.17) is 4.74 Å². The topological polar surface area (TPSA) is 91.0 Å². The van der Waals surface area contributed by atoms with Crippen LogP contribution in [0.3, 0.4) is 0 Å². The summed E-state index contributed by atoms with van der Waals surface area (Å²) in [6.45, 7) is 8.41. The number of benzene rings is 2. The van der Waals surface area contributed by atoms with Gasteiger partial charge < -0.3 is 25.2 Å². The van der Waals surface area contributed by atoms with Crippen molar-refractivity contribution in [2.24, 2.45) is 23.7 Å². The summed E-state index contributed by atoms with van der Waals surface area (Å²) >= 11 is 0. The number of anilines is 1. The van der Waals surface area contributed by atoms with Crippen LogP contribution in [0.25, 0.3) is 0 Å². The Bertz CT molecular complexity index is 1410. The van der Waals surface area contributed by atoms with E-state index in [1.165, 1.54) is 5.56 Å². The molecule has 44 heavy (non-hydrogen) atoms. The van der Waals surface area contributed by atoms with Crippen LogP contribution in [0, 0.1) is 30.6 Å². The van der Waals surface area contributed by atoms with Gasteiger partial charge in [0.2, 0.25) is 17.7 Å². The van der Waals surface area contributed by atoms with Crippen LogP contribution >= 0.6 is 0 Å². The molecule has 1 spiro atoms. The first kappa shape index (κ1) is 30.5. The lowest BCUT2D eigenvalue weighted by atomic mass is 9.73. The van der Waals surface area contributed by atoms with Crippen LogP contribution in [0.2, 0.25) is 0 Å². The number of hydrogen-bond donors (Lipinski definition) is 2. The Hall–Kier alpha value is -3.49. The summed E-state index contributed by atoms with van der Waals surface area (Å²) in [7, 11) is 2.07. The monoisotopic (exact) mass is 598 g/mol. The van der Waals surface area contributed by atoms with Gasteiger partial charge in [0.15, 0.2) is 0 Å². The third kappa shape index (κ3) is 5.70. The fraction of sp³-hybridized carbons (Fsp3) is 0.528. The van der Waals surface area contributed by atoms with E-state index in [9.17, 15) is 14.4 Å². The van der Waals surface area contributed by atoms with E-state index in [0.29, 0.717) is 30.5 Å². The van der Waals surface area contributed by atoms with Gasteiger partial charge in [0.05, 0.1) is 17.9 Å². The molecule has 3 heterocycles. The van der Waals surface area contributed by atoms with Crippen LogP contribution in [0.4, 0.5) is 5.69 Å². The highest BCUT2D eigenvalue weighted by Crippen LogP contribution is 2.55. The minimum Gasteiger partial charge on any atom is -0.359 e. The second-order valence-electron chi connectivity index (χ2n) is 13.6. The predicted molar refractivity (Wildman–Crippen MR) is 171 cm³/mol. The maximum atomic E-state index is 14.3. The number of ether oxygens (including phenoxy) is 1. The van der Waals surface area contributed by atoms with Crippen molar-refractivity contribution in [3.63, 3.8) is 0 Å². The van der Waals surface area contributed by atoms with E-state index >= 15 is 0 Å². The maximum Gasteiger partial charge on any atom is 0.246 e. The normalized spacial score (nSPS) is 32.2. The number of amides is 3. The Morgan fingerprint density at radius 3 is 2.64 bits per heavy atom. The van der Waals surface area contributed by atoms with Crippen LogP contribution in [0.15, 0.2) is 66.7 Å². The molecule has 8 atom stereocenters. The van der Waals surface area contributed by atoms with Crippen LogP contribution in [-0.4, -0.2) is 71.4 Å². The van der Waals surface area contributed by atoms with E-state index in [1.807, 2.05) is 61.5 Å². The standard InChI is InChI=1S/C36H46N4O4/c1-23-11-8-15-27(21-23)37-33(41)30-29-17-18-36(44-29)31(30)35(43)40(20-10-19-39(4)22-26-13-6-5-7-14-26)32(36)34(42)38-28-16-9-12-24(2)25(28)3/h5-8,11,13-15,17-18,21,24-25,28-32H,9-10,12,16,19-20,22H2,1-4H3,(H,37,41)(H,38,42)/t24-,25-,28-,29-,30+,31-,32-,36-/m1/s1. The van der Waals surface area contributed by atoms with Crippen molar-refractivity contribution in [2.75, 3.05) is 25.5 Å². The van der Waals surface area contributed by atoms with Gasteiger partial charge in [0, 0.05) is 24.8 Å². The highest BCUT2D eigenvalue weighted by Gasteiger charge is 2.72. The van der Waals surface area contributed by atoms with E-state index < -0.39 is 29.6 Å². The highest BCUT2D eigenvalue weighted by molar-refractivity contribution is 6.02. The Labute approximate surface area is 261 Å². The lowest BCUT2D eigenvalue weighted by molar-refractivity contribution is -0.141. The number of carbonyl (C=O) groups is 3. The predicted octanol–water partition coefficient (Wildman–Crippen LogP) is 4.55. The van der Waals surface area contributed by atoms with Gasteiger partial charge in [-0.05, 0) is 68.5 Å². The number of rotatable bonds is 10. The van der Waals surface area contributed by atoms with Gasteiger partial charge in [0.25, 0.3) is 0 Å². The van der Waals surface area contributed by atoms with Gasteiger partial charge in [0.1, 0.15) is 11.6 Å². The van der Waals surface area contributed by atoms with Gasteiger partial charge in [-0.25, -0.2) is 0 Å². The molecule has 3 fully saturated rings. The second kappa shape index (κ2) is 12.5. The Morgan fingerprint density at radius 1 is 1.07 bits per heavy atom. The molecule has 2 saturated heterocycles. The maximum absolute atomic E-state index is 14.3. The molecular weight excluding hydrogens is 552 g/mol. The molecule has 0 radical (unpaired) electrons. The van der Waals surface area contributed by atoms with Gasteiger partial charge in [-0.2, -0.15) is 0 Å². The molecule has 2 aromatic rings. The first-order valence-corrected chi connectivity index (χ1v) is 16.3. The third-order valence-electron chi connectivity index (χ3n) is 10.5. The van der Waals surface area contributed by atoms with Crippen molar-refractivity contribution in [1.29, 1.82) is 0 Å². The molecule has 2 N–H and O–H groups in total. The molecule has 8 heteroatoms. The van der Waals surface area contributed by atoms with Crippen LogP contribution in [-0.2, 0) is 25.7 Å². The average molecular weight is 599 g/mol. The van der Waals surface area contributed by atoms with Crippen molar-refractivity contribution in [3.05, 3.63) is 77.9 Å². The Morgan fingerprint density at radius 2 is 1.86 bits per heavy atom. The molecule has 0 unspecified atom stereocenters. The second-order valence-corrected chi connectivity index (χ2v) is 13.6. The third-order valence-corrected chi connectivity index (χ3v) is 10.5. The minimum atomic E-state index is -1.15. The van der Waals surface area contributed by atoms with Crippen LogP contribution < -0.4 is 10.6 Å². The van der Waals surface area contributed by atoms with Crippen molar-refractivity contribution in [2.45, 2.75) is 76.8 Å². The number of fused-ring (bicyclic) bond motifs is 1. The molecule has 4 aliphatic rings. The van der Waals surface area contributed by atoms with E-state index in [0.717, 1.165) is 37.9 Å². The molecule has 2 aromatic carbocycles. The van der Waals surface area contributed by atoms with E-state index in [2.05, 4.69) is 48.6 Å². The molecular formula is C36H46N4O4. The Kier molecular flexibility index (Phi) is 8.66. The number of nitrogens with zero attached hydrogens (tertiary/aromatic N) is 2. The minimum absolute atomic E-state index is 0.0543. The molecule has 1 saturated carbocycles. The Balaban J connectivity index is 1.23. The van der Waals surface area contributed by atoms with Gasteiger partial charge in [-0.15, -0.1) is 0 Å². The molecule has 3 aliphatic heterocycles. The van der Waals surface area contributed by atoms with Crippen molar-refractivity contribution >= 4 is 23.4 Å². The largest absolute Gasteiger partial charge is 0.359 e. The first-order valence-electron chi connectivity index (χ1n) is 16.3. The molecule has 1 aliphatic carbocycles. The molecule has 6 rings (SSSR count). The number of carbonyl (C=O) groups excluding carboxylic acids is 3. The van der Waals surface area contributed by atoms with Gasteiger partial charge in [-0.3, -0.25) is 14.4 Å². The van der Waals surface area contributed by atoms with Gasteiger partial charge >= 0.3 is 0 Å².